The molecule has 0 amide bonds. The van der Waals surface area contributed by atoms with Gasteiger partial charge in [-0.3, -0.25) is 0 Å². The Kier molecular flexibility index (Phi) is 5.00. The number of anilines is 1. The highest BCUT2D eigenvalue weighted by atomic mass is 14.8. The average Bonchev–Trinajstić information content (AvgIpc) is 2.20. The minimum absolute atomic E-state index is 0.677. The van der Waals surface area contributed by atoms with Gasteiger partial charge in [0.25, 0.3) is 0 Å². The van der Waals surface area contributed by atoms with Crippen molar-refractivity contribution in [1.29, 1.82) is 0 Å². The zero-order valence-electron chi connectivity index (χ0n) is 8.79. The highest BCUT2D eigenvalue weighted by Gasteiger charge is 1.97. The first kappa shape index (κ1) is 11.0. The molecule has 0 saturated carbocycles. The van der Waals surface area contributed by atoms with Crippen LogP contribution in [0.5, 0.6) is 0 Å². The Bertz CT molecular complexity index is 260. The maximum atomic E-state index is 5.73. The molecule has 3 nitrogen and oxygen atoms in total. The van der Waals surface area contributed by atoms with Crippen molar-refractivity contribution < 1.29 is 0 Å². The molecule has 0 atom stereocenters. The maximum Gasteiger partial charge on any atom is 0.126 e. The molecule has 1 aromatic heterocycles. The van der Waals surface area contributed by atoms with Crippen molar-refractivity contribution >= 4 is 5.82 Å². The molecule has 0 aliphatic carbocycles. The Morgan fingerprint density at radius 3 is 3.00 bits per heavy atom. The normalized spacial score (nSPS) is 10.4. The van der Waals surface area contributed by atoms with Gasteiger partial charge in [0.15, 0.2) is 0 Å². The molecule has 1 heterocycles. The molecule has 3 heteroatoms. The molecule has 0 aliphatic rings. The molecular weight excluding hydrogens is 174 g/mol. The number of nitrogens with two attached hydrogens (primary N) is 1. The first-order valence-corrected chi connectivity index (χ1v) is 5.24. The van der Waals surface area contributed by atoms with Crippen LogP contribution >= 0.6 is 0 Å². The smallest absolute Gasteiger partial charge is 0.126 e. The van der Waals surface area contributed by atoms with Crippen molar-refractivity contribution in [1.82, 2.24) is 10.3 Å². The standard InChI is InChI=1S/C11H19N3/c1-2-13-8-4-3-6-10-7-5-9-14-11(10)12/h5,7,9,13H,2-4,6,8H2,1H3,(H2,12,14). The van der Waals surface area contributed by atoms with Gasteiger partial charge in [0.2, 0.25) is 0 Å². The quantitative estimate of drug-likeness (QED) is 0.675. The average molecular weight is 193 g/mol. The van der Waals surface area contributed by atoms with E-state index in [-0.39, 0.29) is 0 Å². The molecule has 0 saturated heterocycles. The Morgan fingerprint density at radius 1 is 1.43 bits per heavy atom. The van der Waals surface area contributed by atoms with Gasteiger partial charge in [-0.05, 0) is 44.0 Å². The van der Waals surface area contributed by atoms with Crippen LogP contribution < -0.4 is 11.1 Å². The zero-order valence-corrected chi connectivity index (χ0v) is 8.79. The summed E-state index contributed by atoms with van der Waals surface area (Å²) in [6, 6.07) is 3.99. The summed E-state index contributed by atoms with van der Waals surface area (Å²) in [6.07, 6.45) is 5.13. The number of nitrogens with zero attached hydrogens (tertiary/aromatic N) is 1. The number of aromatic nitrogens is 1. The zero-order chi connectivity index (χ0) is 10.2. The summed E-state index contributed by atoms with van der Waals surface area (Å²) in [4.78, 5) is 4.06. The number of nitrogen functional groups attached to an aromatic ring is 1. The Balaban J connectivity index is 2.21. The number of nitrogens with one attached hydrogen (secondary N) is 1. The summed E-state index contributed by atoms with van der Waals surface area (Å²) >= 11 is 0. The molecule has 0 fully saturated rings. The number of hydrogen-bond acceptors (Lipinski definition) is 3. The van der Waals surface area contributed by atoms with Gasteiger partial charge < -0.3 is 11.1 Å². The van der Waals surface area contributed by atoms with Crippen molar-refractivity contribution in [2.24, 2.45) is 0 Å². The van der Waals surface area contributed by atoms with Gasteiger partial charge in [-0.2, -0.15) is 0 Å². The van der Waals surface area contributed by atoms with E-state index in [0.717, 1.165) is 19.5 Å². The molecule has 0 aliphatic heterocycles. The lowest BCUT2D eigenvalue weighted by atomic mass is 10.1. The van der Waals surface area contributed by atoms with Crippen LogP contribution in [0.1, 0.15) is 25.3 Å². The minimum atomic E-state index is 0.677. The SMILES string of the molecule is CCNCCCCc1cccnc1N. The number of pyridine rings is 1. The van der Waals surface area contributed by atoms with E-state index in [9.17, 15) is 0 Å². The van der Waals surface area contributed by atoms with Crippen molar-refractivity contribution in [3.63, 3.8) is 0 Å². The van der Waals surface area contributed by atoms with E-state index >= 15 is 0 Å². The lowest BCUT2D eigenvalue weighted by Crippen LogP contribution is -2.14. The molecule has 0 aromatic carbocycles. The summed E-state index contributed by atoms with van der Waals surface area (Å²) in [5.74, 6) is 0.677. The summed E-state index contributed by atoms with van der Waals surface area (Å²) < 4.78 is 0. The van der Waals surface area contributed by atoms with E-state index in [1.165, 1.54) is 18.4 Å². The molecular formula is C11H19N3. The first-order valence-electron chi connectivity index (χ1n) is 5.24. The monoisotopic (exact) mass is 193 g/mol. The predicted molar refractivity (Wildman–Crippen MR) is 60.1 cm³/mol. The van der Waals surface area contributed by atoms with Crippen molar-refractivity contribution in [2.45, 2.75) is 26.2 Å². The fraction of sp³-hybridized carbons (Fsp3) is 0.545. The number of unbranched alkanes of at least 4 members (excludes halogenated alkanes) is 1. The second-order valence-corrected chi connectivity index (χ2v) is 3.36. The second-order valence-electron chi connectivity index (χ2n) is 3.36. The minimum Gasteiger partial charge on any atom is -0.383 e. The van der Waals surface area contributed by atoms with Gasteiger partial charge in [0.05, 0.1) is 0 Å². The van der Waals surface area contributed by atoms with Crippen LogP contribution in [-0.4, -0.2) is 18.1 Å². The molecule has 3 N–H and O–H groups in total. The van der Waals surface area contributed by atoms with Crippen LogP contribution in [0.15, 0.2) is 18.3 Å². The van der Waals surface area contributed by atoms with E-state index in [1.54, 1.807) is 6.20 Å². The van der Waals surface area contributed by atoms with Crippen LogP contribution in [0.3, 0.4) is 0 Å². The highest BCUT2D eigenvalue weighted by Crippen LogP contribution is 2.10. The lowest BCUT2D eigenvalue weighted by Gasteiger charge is -2.04. The van der Waals surface area contributed by atoms with Crippen molar-refractivity contribution in [3.05, 3.63) is 23.9 Å². The Labute approximate surface area is 85.7 Å². The van der Waals surface area contributed by atoms with Gasteiger partial charge in [-0.1, -0.05) is 13.0 Å². The molecule has 1 rings (SSSR count). The molecule has 0 radical (unpaired) electrons. The lowest BCUT2D eigenvalue weighted by molar-refractivity contribution is 0.641. The third-order valence-electron chi connectivity index (χ3n) is 2.23. The van der Waals surface area contributed by atoms with Crippen molar-refractivity contribution in [2.75, 3.05) is 18.8 Å². The van der Waals surface area contributed by atoms with Crippen molar-refractivity contribution in [3.8, 4) is 0 Å². The highest BCUT2D eigenvalue weighted by molar-refractivity contribution is 5.38. The van der Waals surface area contributed by atoms with E-state index in [2.05, 4.69) is 23.3 Å². The Hall–Kier alpha value is -1.09. The van der Waals surface area contributed by atoms with Crippen LogP contribution in [0.4, 0.5) is 5.82 Å². The number of aryl methyl sites for hydroxylation is 1. The molecule has 0 bridgehead atoms. The van der Waals surface area contributed by atoms with Gasteiger partial charge in [0, 0.05) is 6.20 Å². The van der Waals surface area contributed by atoms with E-state index in [0.29, 0.717) is 5.82 Å². The van der Waals surface area contributed by atoms with E-state index in [1.807, 2.05) is 6.07 Å². The van der Waals surface area contributed by atoms with Crippen LogP contribution in [0, 0.1) is 0 Å². The largest absolute Gasteiger partial charge is 0.383 e. The molecule has 0 spiro atoms. The van der Waals surface area contributed by atoms with E-state index < -0.39 is 0 Å². The summed E-state index contributed by atoms with van der Waals surface area (Å²) in [7, 11) is 0. The third kappa shape index (κ3) is 3.75. The van der Waals surface area contributed by atoms with Gasteiger partial charge in [-0.15, -0.1) is 0 Å². The maximum absolute atomic E-state index is 5.73. The first-order chi connectivity index (χ1) is 6.84. The van der Waals surface area contributed by atoms with Crippen LogP contribution in [0.25, 0.3) is 0 Å². The number of rotatable bonds is 6. The molecule has 78 valence electrons. The molecule has 0 unspecified atom stereocenters. The topological polar surface area (TPSA) is 50.9 Å². The van der Waals surface area contributed by atoms with E-state index in [4.69, 9.17) is 5.73 Å². The summed E-state index contributed by atoms with van der Waals surface area (Å²) in [6.45, 7) is 4.27. The summed E-state index contributed by atoms with van der Waals surface area (Å²) in [5.41, 5.74) is 6.91. The predicted octanol–water partition coefficient (Wildman–Crippen LogP) is 1.60. The summed E-state index contributed by atoms with van der Waals surface area (Å²) in [5, 5.41) is 3.30. The van der Waals surface area contributed by atoms with Gasteiger partial charge in [0.1, 0.15) is 5.82 Å². The molecule has 14 heavy (non-hydrogen) atoms. The fourth-order valence-corrected chi connectivity index (χ4v) is 1.40. The third-order valence-corrected chi connectivity index (χ3v) is 2.23. The van der Waals surface area contributed by atoms with Crippen LogP contribution in [0.2, 0.25) is 0 Å². The van der Waals surface area contributed by atoms with Gasteiger partial charge in [-0.25, -0.2) is 4.98 Å². The fourth-order valence-electron chi connectivity index (χ4n) is 1.40. The molecule has 1 aromatic rings. The van der Waals surface area contributed by atoms with Gasteiger partial charge >= 0.3 is 0 Å². The second kappa shape index (κ2) is 6.38. The number of hydrogen-bond donors (Lipinski definition) is 2. The Morgan fingerprint density at radius 2 is 2.29 bits per heavy atom. The van der Waals surface area contributed by atoms with Crippen LogP contribution in [-0.2, 0) is 6.42 Å².